The maximum absolute atomic E-state index is 12.9. The molecule has 0 bridgehead atoms. The topological polar surface area (TPSA) is 71.0 Å². The van der Waals surface area contributed by atoms with Gasteiger partial charge >= 0.3 is 5.97 Å². The largest absolute Gasteiger partial charge is 0.858 e. The molecule has 0 atom stereocenters. The van der Waals surface area contributed by atoms with Gasteiger partial charge in [-0.25, -0.2) is 4.79 Å². The summed E-state index contributed by atoms with van der Waals surface area (Å²) < 4.78 is 12.2. The number of halogens is 1. The molecule has 212 valence electrons. The van der Waals surface area contributed by atoms with E-state index in [1.807, 2.05) is 18.2 Å². The van der Waals surface area contributed by atoms with Crippen LogP contribution in [-0.4, -0.2) is 56.2 Å². The highest BCUT2D eigenvalue weighted by Gasteiger charge is 2.17. The van der Waals surface area contributed by atoms with Crippen LogP contribution in [0.5, 0.6) is 5.75 Å². The Balaban J connectivity index is 0.00000722. The van der Waals surface area contributed by atoms with Gasteiger partial charge in [0.05, 0.1) is 38.0 Å². The molecule has 2 aromatic carbocycles. The van der Waals surface area contributed by atoms with Crippen LogP contribution in [0.1, 0.15) is 88.1 Å². The lowest BCUT2D eigenvalue weighted by atomic mass is 10.1. The molecule has 2 rings (SSSR count). The van der Waals surface area contributed by atoms with E-state index in [1.54, 1.807) is 30.3 Å². The van der Waals surface area contributed by atoms with E-state index < -0.39 is 0 Å². The third-order valence-electron chi connectivity index (χ3n) is 7.10. The summed E-state index contributed by atoms with van der Waals surface area (Å²) in [6.45, 7) is 10.2. The Kier molecular flexibility index (Phi) is 17.0. The second-order valence-electron chi connectivity index (χ2n) is 9.89. The predicted molar refractivity (Wildman–Crippen MR) is 165 cm³/mol. The summed E-state index contributed by atoms with van der Waals surface area (Å²) in [5.41, 5.74) is 1.38. The standard InChI is InChI=1S/C31H46N2O4.HI/c1-5-8-9-10-11-12-13-16-24-36-29-18-15-14-17-28(29)30(34)32-27-21-19-26(20-22-27)31(35)37-25-23-33(4,6-2)7-3;/h14-15,17-22H,5-13,16,23-25H2,1-4H3;1H. The van der Waals surface area contributed by atoms with Crippen molar-refractivity contribution in [1.82, 2.24) is 0 Å². The summed E-state index contributed by atoms with van der Waals surface area (Å²) in [5, 5.41) is 12.9. The van der Waals surface area contributed by atoms with E-state index in [9.17, 15) is 9.90 Å². The Morgan fingerprint density at radius 2 is 1.45 bits per heavy atom. The highest BCUT2D eigenvalue weighted by atomic mass is 127. The number of para-hydroxylation sites is 1. The van der Waals surface area contributed by atoms with Crippen molar-refractivity contribution in [3.63, 3.8) is 0 Å². The lowest BCUT2D eigenvalue weighted by Crippen LogP contribution is -2.46. The van der Waals surface area contributed by atoms with Gasteiger partial charge in [0.25, 0.3) is 0 Å². The van der Waals surface area contributed by atoms with Gasteiger partial charge in [0.15, 0.2) is 0 Å². The number of hydrogen-bond donors (Lipinski definition) is 0. The number of nitrogens with zero attached hydrogens (tertiary/aromatic N) is 2. The van der Waals surface area contributed by atoms with Gasteiger partial charge in [0.2, 0.25) is 0 Å². The number of carbonyl (C=O) groups excluding carboxylic acids is 1. The number of esters is 1. The molecule has 6 nitrogen and oxygen atoms in total. The molecule has 0 aliphatic rings. The van der Waals surface area contributed by atoms with E-state index in [0.29, 0.717) is 35.8 Å². The molecule has 0 N–H and O–H groups in total. The van der Waals surface area contributed by atoms with Gasteiger partial charge in [-0.1, -0.05) is 70.1 Å². The number of likely N-dealkylation sites (N-methyl/N-ethyl adjacent to an activating group) is 1. The summed E-state index contributed by atoms with van der Waals surface area (Å²) in [6.07, 6.45) is 9.85. The van der Waals surface area contributed by atoms with Crippen LogP contribution in [0.3, 0.4) is 0 Å². The van der Waals surface area contributed by atoms with Crippen LogP contribution in [0.2, 0.25) is 0 Å². The summed E-state index contributed by atoms with van der Waals surface area (Å²) >= 11 is 0. The van der Waals surface area contributed by atoms with Crippen molar-refractivity contribution in [3.05, 3.63) is 59.7 Å². The fraction of sp³-hybridized carbons (Fsp3) is 0.548. The molecule has 0 aromatic heterocycles. The molecule has 0 spiro atoms. The number of rotatable bonds is 18. The van der Waals surface area contributed by atoms with E-state index in [0.717, 1.165) is 37.0 Å². The Hall–Kier alpha value is -2.13. The monoisotopic (exact) mass is 638 g/mol. The summed E-state index contributed by atoms with van der Waals surface area (Å²) in [6, 6.07) is 13.8. The zero-order valence-electron chi connectivity index (χ0n) is 23.7. The first-order chi connectivity index (χ1) is 17.9. The molecule has 0 aliphatic heterocycles. The molecule has 7 heteroatoms. The molecule has 0 radical (unpaired) electrons. The van der Waals surface area contributed by atoms with Crippen LogP contribution >= 0.6 is 24.0 Å². The Labute approximate surface area is 247 Å². The van der Waals surface area contributed by atoms with Gasteiger partial charge in [-0.3, -0.25) is 4.99 Å². The number of hydrogen-bond acceptors (Lipinski definition) is 5. The normalized spacial score (nSPS) is 11.6. The minimum absolute atomic E-state index is 0. The number of aliphatic imine (C=N–C) groups is 1. The lowest BCUT2D eigenvalue weighted by Gasteiger charge is -2.31. The number of benzene rings is 2. The molecule has 0 saturated carbocycles. The molecule has 0 aliphatic carbocycles. The molecule has 0 unspecified atom stereocenters. The average molecular weight is 639 g/mol. The Morgan fingerprint density at radius 3 is 2.08 bits per heavy atom. The van der Waals surface area contributed by atoms with Crippen molar-refractivity contribution in [2.24, 2.45) is 4.99 Å². The number of quaternary nitrogens is 1. The van der Waals surface area contributed by atoms with Crippen molar-refractivity contribution in [2.45, 2.75) is 72.1 Å². The molecule has 38 heavy (non-hydrogen) atoms. The van der Waals surface area contributed by atoms with E-state index in [-0.39, 0.29) is 35.8 Å². The van der Waals surface area contributed by atoms with Gasteiger partial charge in [-0.2, -0.15) is 0 Å². The van der Waals surface area contributed by atoms with Crippen molar-refractivity contribution in [2.75, 3.05) is 39.9 Å². The zero-order valence-corrected chi connectivity index (χ0v) is 26.1. The molecular formula is C31H47IN2O4. The molecule has 0 fully saturated rings. The van der Waals surface area contributed by atoms with Gasteiger partial charge < -0.3 is 19.1 Å². The van der Waals surface area contributed by atoms with E-state index in [2.05, 4.69) is 32.8 Å². The molecule has 0 saturated heterocycles. The van der Waals surface area contributed by atoms with Gasteiger partial charge in [0.1, 0.15) is 18.9 Å². The van der Waals surface area contributed by atoms with Gasteiger partial charge in [-0.05, 0) is 56.5 Å². The van der Waals surface area contributed by atoms with Crippen LogP contribution in [0, 0.1) is 0 Å². The third-order valence-corrected chi connectivity index (χ3v) is 7.10. The second-order valence-corrected chi connectivity index (χ2v) is 9.89. The SMILES string of the molecule is CCCCCCCCCCOc1ccccc1C([O-])=Nc1ccc(C(=O)OCC[N+](C)(CC)CC)cc1.I. The molecule has 0 amide bonds. The van der Waals surface area contributed by atoms with Crippen molar-refractivity contribution < 1.29 is 23.9 Å². The smallest absolute Gasteiger partial charge is 0.338 e. The fourth-order valence-electron chi connectivity index (χ4n) is 4.02. The summed E-state index contributed by atoms with van der Waals surface area (Å²) in [5.74, 6) is -0.168. The maximum Gasteiger partial charge on any atom is 0.338 e. The van der Waals surface area contributed by atoms with E-state index >= 15 is 0 Å². The Bertz CT molecular complexity index is 959. The minimum Gasteiger partial charge on any atom is -0.858 e. The zero-order chi connectivity index (χ0) is 26.9. The van der Waals surface area contributed by atoms with Gasteiger partial charge in [0, 0.05) is 5.56 Å². The molecule has 0 heterocycles. The number of unbranched alkanes of at least 4 members (excludes halogenated alkanes) is 7. The summed E-state index contributed by atoms with van der Waals surface area (Å²) in [4.78, 5) is 16.6. The van der Waals surface area contributed by atoms with Crippen LogP contribution in [0.15, 0.2) is 53.5 Å². The maximum atomic E-state index is 12.9. The van der Waals surface area contributed by atoms with Crippen LogP contribution < -0.4 is 9.84 Å². The first kappa shape index (κ1) is 33.9. The van der Waals surface area contributed by atoms with Crippen molar-refractivity contribution >= 4 is 41.5 Å². The Morgan fingerprint density at radius 1 is 0.842 bits per heavy atom. The van der Waals surface area contributed by atoms with Crippen molar-refractivity contribution in [3.8, 4) is 5.75 Å². The molecule has 2 aromatic rings. The quantitative estimate of drug-likeness (QED) is 0.0445. The van der Waals surface area contributed by atoms with Crippen LogP contribution in [-0.2, 0) is 4.74 Å². The van der Waals surface area contributed by atoms with Crippen LogP contribution in [0.4, 0.5) is 5.69 Å². The highest BCUT2D eigenvalue weighted by molar-refractivity contribution is 14.0. The minimum atomic E-state index is -0.365. The van der Waals surface area contributed by atoms with Crippen LogP contribution in [0.25, 0.3) is 0 Å². The van der Waals surface area contributed by atoms with Crippen molar-refractivity contribution in [1.29, 1.82) is 0 Å². The van der Waals surface area contributed by atoms with E-state index in [1.165, 1.54) is 38.5 Å². The second kappa shape index (κ2) is 19.0. The number of carbonyl (C=O) groups is 1. The first-order valence-electron chi connectivity index (χ1n) is 14.0. The third kappa shape index (κ3) is 12.2. The number of ether oxygens (including phenoxy) is 2. The lowest BCUT2D eigenvalue weighted by molar-refractivity contribution is -0.906. The fourth-order valence-corrected chi connectivity index (χ4v) is 4.02. The molecular weight excluding hydrogens is 591 g/mol. The first-order valence-corrected chi connectivity index (χ1v) is 14.0. The predicted octanol–water partition coefficient (Wildman–Crippen LogP) is 6.91. The highest BCUT2D eigenvalue weighted by Crippen LogP contribution is 2.21. The average Bonchev–Trinajstić information content (AvgIpc) is 2.92. The van der Waals surface area contributed by atoms with Gasteiger partial charge in [-0.15, -0.1) is 24.0 Å². The van der Waals surface area contributed by atoms with E-state index in [4.69, 9.17) is 9.47 Å². The summed E-state index contributed by atoms with van der Waals surface area (Å²) in [7, 11) is 2.15.